The Bertz CT molecular complexity index is 1160. The number of alkyl halides is 3. The first-order valence-corrected chi connectivity index (χ1v) is 12.0. The van der Waals surface area contributed by atoms with Crippen molar-refractivity contribution in [3.8, 4) is 17.3 Å². The highest BCUT2D eigenvalue weighted by atomic mass is 32.1. The minimum atomic E-state index is -4.58. The van der Waals surface area contributed by atoms with Gasteiger partial charge < -0.3 is 14.5 Å². The number of carbonyl (C=O) groups excluding carboxylic acids is 1. The lowest BCUT2D eigenvalue weighted by molar-refractivity contribution is -0.137. The van der Waals surface area contributed by atoms with Gasteiger partial charge in [-0.1, -0.05) is 18.3 Å². The van der Waals surface area contributed by atoms with Crippen molar-refractivity contribution in [3.63, 3.8) is 0 Å². The topological polar surface area (TPSA) is 102 Å². The molecule has 1 saturated heterocycles. The monoisotopic (exact) mass is 510 g/mol. The fourth-order valence-corrected chi connectivity index (χ4v) is 4.78. The molecule has 1 atom stereocenters. The van der Waals surface area contributed by atoms with Crippen LogP contribution < -0.4 is 9.64 Å². The number of carbonyl (C=O) groups is 1. The van der Waals surface area contributed by atoms with E-state index in [2.05, 4.69) is 25.0 Å². The molecule has 3 aromatic heterocycles. The molecule has 0 N–H and O–H groups in total. The van der Waals surface area contributed by atoms with Gasteiger partial charge in [0.25, 0.3) is 0 Å². The van der Waals surface area contributed by atoms with Crippen LogP contribution in [0.25, 0.3) is 11.3 Å². The van der Waals surface area contributed by atoms with Crippen LogP contribution in [0.2, 0.25) is 0 Å². The van der Waals surface area contributed by atoms with Gasteiger partial charge in [0.2, 0.25) is 10.9 Å². The second kappa shape index (κ2) is 10.1. The maximum absolute atomic E-state index is 13.5. The number of rotatable bonds is 7. The third kappa shape index (κ3) is 5.52. The van der Waals surface area contributed by atoms with E-state index >= 15 is 0 Å². The third-order valence-electron chi connectivity index (χ3n) is 5.46. The van der Waals surface area contributed by atoms with Gasteiger partial charge in [0, 0.05) is 50.1 Å². The summed E-state index contributed by atoms with van der Waals surface area (Å²) in [4.78, 5) is 32.6. The molecule has 0 bridgehead atoms. The van der Waals surface area contributed by atoms with Crippen LogP contribution >= 0.6 is 11.3 Å². The summed E-state index contributed by atoms with van der Waals surface area (Å²) in [6.45, 7) is 7.08. The number of hydrogen-bond donors (Lipinski definition) is 0. The number of piperazine rings is 1. The number of ether oxygens (including phenoxy) is 1. The summed E-state index contributed by atoms with van der Waals surface area (Å²) < 4.78 is 47.3. The zero-order chi connectivity index (χ0) is 25.2. The standard InChI is InChI=1S/C21H25F3N8O2S/c1-4-15-27-12-31(29-15)11-16(33)32-7-6-30(10-13(32)3)18-17(28-19(35-18)21(22,23)24)14-8-25-20(26-9-14)34-5-2/h8-9,12-13H,4-7,10-11H2,1-3H3/t13-/m1/s1. The first-order valence-electron chi connectivity index (χ1n) is 11.2. The Balaban J connectivity index is 1.53. The molecule has 0 unspecified atom stereocenters. The van der Waals surface area contributed by atoms with Gasteiger partial charge in [-0.3, -0.25) is 4.79 Å². The normalized spacial score (nSPS) is 16.6. The number of halogens is 3. The Morgan fingerprint density at radius 3 is 2.54 bits per heavy atom. The molecule has 0 saturated carbocycles. The van der Waals surface area contributed by atoms with Gasteiger partial charge in [-0.15, -0.1) is 0 Å². The van der Waals surface area contributed by atoms with Crippen molar-refractivity contribution >= 4 is 22.2 Å². The first kappa shape index (κ1) is 24.8. The maximum atomic E-state index is 13.5. The van der Waals surface area contributed by atoms with Crippen LogP contribution in [0.3, 0.4) is 0 Å². The van der Waals surface area contributed by atoms with Crippen LogP contribution in [0, 0.1) is 0 Å². The predicted molar refractivity (Wildman–Crippen MR) is 122 cm³/mol. The SMILES string of the molecule is CCOc1ncc(-c2nc(C(F)(F)F)sc2N2CCN(C(=O)Cn3cnc(CC)n3)[C@H](C)C2)cn1. The van der Waals surface area contributed by atoms with Crippen LogP contribution in [0.1, 0.15) is 31.6 Å². The van der Waals surface area contributed by atoms with Gasteiger partial charge in [-0.25, -0.2) is 24.6 Å². The van der Waals surface area contributed by atoms with E-state index in [0.717, 1.165) is 0 Å². The van der Waals surface area contributed by atoms with E-state index in [-0.39, 0.29) is 30.2 Å². The van der Waals surface area contributed by atoms with E-state index in [4.69, 9.17) is 4.74 Å². The number of nitrogens with zero attached hydrogens (tertiary/aromatic N) is 8. The molecule has 0 aromatic carbocycles. The summed E-state index contributed by atoms with van der Waals surface area (Å²) in [7, 11) is 0. The summed E-state index contributed by atoms with van der Waals surface area (Å²) in [6, 6.07) is -0.0884. The molecule has 188 valence electrons. The van der Waals surface area contributed by atoms with Crippen molar-refractivity contribution < 1.29 is 22.7 Å². The lowest BCUT2D eigenvalue weighted by Crippen LogP contribution is -2.54. The molecule has 0 radical (unpaired) electrons. The van der Waals surface area contributed by atoms with Crippen LogP contribution in [0.5, 0.6) is 6.01 Å². The molecule has 1 fully saturated rings. The van der Waals surface area contributed by atoms with E-state index in [1.165, 1.54) is 23.4 Å². The highest BCUT2D eigenvalue weighted by Crippen LogP contribution is 2.43. The molecule has 0 aliphatic carbocycles. The second-order valence-electron chi connectivity index (χ2n) is 7.95. The quantitative estimate of drug-likeness (QED) is 0.478. The average Bonchev–Trinajstić information content (AvgIpc) is 3.47. The zero-order valence-electron chi connectivity index (χ0n) is 19.5. The Morgan fingerprint density at radius 2 is 1.94 bits per heavy atom. The van der Waals surface area contributed by atoms with Crippen LogP contribution in [-0.4, -0.2) is 72.8 Å². The Morgan fingerprint density at radius 1 is 1.20 bits per heavy atom. The lowest BCUT2D eigenvalue weighted by Gasteiger charge is -2.40. The summed E-state index contributed by atoms with van der Waals surface area (Å²) >= 11 is 0.579. The van der Waals surface area contributed by atoms with E-state index in [1.54, 1.807) is 11.8 Å². The van der Waals surface area contributed by atoms with E-state index in [9.17, 15) is 18.0 Å². The summed E-state index contributed by atoms with van der Waals surface area (Å²) in [6.07, 6.45) is 0.430. The number of anilines is 1. The molecule has 4 rings (SSSR count). The highest BCUT2D eigenvalue weighted by molar-refractivity contribution is 7.16. The molecule has 3 aromatic rings. The van der Waals surface area contributed by atoms with Gasteiger partial charge in [0.1, 0.15) is 29.4 Å². The molecule has 14 heteroatoms. The van der Waals surface area contributed by atoms with Gasteiger partial charge in [0.15, 0.2) is 0 Å². The molecule has 4 heterocycles. The number of amides is 1. The molecule has 10 nitrogen and oxygen atoms in total. The Kier molecular flexibility index (Phi) is 7.19. The third-order valence-corrected chi connectivity index (χ3v) is 6.62. The van der Waals surface area contributed by atoms with Gasteiger partial charge >= 0.3 is 12.2 Å². The van der Waals surface area contributed by atoms with Gasteiger partial charge in [0.05, 0.1) is 6.61 Å². The largest absolute Gasteiger partial charge is 0.464 e. The molecular formula is C21H25F3N8O2S. The smallest absolute Gasteiger partial charge is 0.443 e. The lowest BCUT2D eigenvalue weighted by atomic mass is 10.1. The van der Waals surface area contributed by atoms with Crippen molar-refractivity contribution in [2.45, 2.75) is 46.0 Å². The van der Waals surface area contributed by atoms with Gasteiger partial charge in [-0.05, 0) is 13.8 Å². The van der Waals surface area contributed by atoms with Crippen LogP contribution in [-0.2, 0) is 23.9 Å². The first-order chi connectivity index (χ1) is 16.7. The number of aromatic nitrogens is 6. The molecule has 1 aliphatic rings. The fourth-order valence-electron chi connectivity index (χ4n) is 3.79. The maximum Gasteiger partial charge on any atom is 0.443 e. The predicted octanol–water partition coefficient (Wildman–Crippen LogP) is 2.91. The van der Waals surface area contributed by atoms with Crippen LogP contribution in [0.15, 0.2) is 18.7 Å². The van der Waals surface area contributed by atoms with Crippen molar-refractivity contribution in [2.24, 2.45) is 0 Å². The number of thiazole rings is 1. The molecule has 0 spiro atoms. The average molecular weight is 511 g/mol. The van der Waals surface area contributed by atoms with Crippen molar-refractivity contribution in [2.75, 3.05) is 31.1 Å². The minimum absolute atomic E-state index is 0.0604. The minimum Gasteiger partial charge on any atom is -0.464 e. The summed E-state index contributed by atoms with van der Waals surface area (Å²) in [5.74, 6) is 0.539. The summed E-state index contributed by atoms with van der Waals surface area (Å²) in [5.41, 5.74) is 0.520. The van der Waals surface area contributed by atoms with Crippen molar-refractivity contribution in [3.05, 3.63) is 29.6 Å². The van der Waals surface area contributed by atoms with Crippen LogP contribution in [0.4, 0.5) is 18.2 Å². The second-order valence-corrected chi connectivity index (χ2v) is 8.93. The van der Waals surface area contributed by atoms with E-state index in [1.807, 2.05) is 18.7 Å². The Labute approximate surface area is 203 Å². The summed E-state index contributed by atoms with van der Waals surface area (Å²) in [5, 5.41) is 3.68. The van der Waals surface area contributed by atoms with E-state index in [0.29, 0.717) is 60.4 Å². The molecule has 1 aliphatic heterocycles. The van der Waals surface area contributed by atoms with E-state index < -0.39 is 11.2 Å². The molecular weight excluding hydrogens is 485 g/mol. The highest BCUT2D eigenvalue weighted by Gasteiger charge is 2.38. The number of hydrogen-bond acceptors (Lipinski definition) is 9. The Hall–Kier alpha value is -3.29. The van der Waals surface area contributed by atoms with Gasteiger partial charge in [-0.2, -0.15) is 18.3 Å². The fraction of sp³-hybridized carbons (Fsp3) is 0.524. The zero-order valence-corrected chi connectivity index (χ0v) is 20.3. The molecule has 1 amide bonds. The number of aryl methyl sites for hydroxylation is 1. The molecule has 35 heavy (non-hydrogen) atoms. The van der Waals surface area contributed by atoms with Crippen molar-refractivity contribution in [1.29, 1.82) is 0 Å². The van der Waals surface area contributed by atoms with Crippen molar-refractivity contribution in [1.82, 2.24) is 34.6 Å².